The second-order valence-electron chi connectivity index (χ2n) is 8.41. The Morgan fingerprint density at radius 2 is 1.66 bits per heavy atom. The first kappa shape index (κ1) is 23.0. The number of anilines is 3. The van der Waals surface area contributed by atoms with Crippen molar-refractivity contribution in [1.82, 2.24) is 15.0 Å². The molecule has 182 valence electrons. The summed E-state index contributed by atoms with van der Waals surface area (Å²) in [6.45, 7) is 5.05. The maximum atomic E-state index is 13.1. The van der Waals surface area contributed by atoms with Crippen LogP contribution in [0, 0.1) is 5.82 Å². The zero-order valence-corrected chi connectivity index (χ0v) is 19.4. The van der Waals surface area contributed by atoms with E-state index in [2.05, 4.69) is 30.3 Å². The van der Waals surface area contributed by atoms with E-state index >= 15 is 0 Å². The van der Waals surface area contributed by atoms with Gasteiger partial charge in [0.05, 0.1) is 19.4 Å². The molecule has 2 saturated heterocycles. The van der Waals surface area contributed by atoms with E-state index in [9.17, 15) is 4.39 Å². The molecule has 2 aliphatic rings. The molecule has 0 radical (unpaired) electrons. The maximum absolute atomic E-state index is 13.1. The van der Waals surface area contributed by atoms with Gasteiger partial charge in [-0.3, -0.25) is 0 Å². The third-order valence-electron chi connectivity index (χ3n) is 5.85. The second kappa shape index (κ2) is 11.1. The fraction of sp³-hybridized carbons (Fsp3) is 0.360. The average Bonchev–Trinajstić information content (AvgIpc) is 3.44. The van der Waals surface area contributed by atoms with Crippen LogP contribution in [0.25, 0.3) is 0 Å². The molecule has 10 heteroatoms. The predicted molar refractivity (Wildman–Crippen MR) is 133 cm³/mol. The van der Waals surface area contributed by atoms with Crippen LogP contribution in [-0.2, 0) is 11.3 Å². The molecule has 3 heterocycles. The standard InChI is InChI=1S/C25H28FN7O2/c26-21-8-6-19(7-9-21)18-35-22-5-3-4-20(16-22)17-27-31-23-28-24(32-10-1-2-11-32)30-25(29-23)33-12-14-34-15-13-33/h3-9,16-17H,1-2,10-15,18H2,(H,28,29,30,31)/b27-17+. The van der Waals surface area contributed by atoms with Crippen LogP contribution in [0.3, 0.4) is 0 Å². The lowest BCUT2D eigenvalue weighted by molar-refractivity contribution is 0.122. The first-order valence-electron chi connectivity index (χ1n) is 11.8. The van der Waals surface area contributed by atoms with Crippen molar-refractivity contribution in [3.63, 3.8) is 0 Å². The number of hydrazone groups is 1. The van der Waals surface area contributed by atoms with Crippen molar-refractivity contribution in [3.05, 3.63) is 65.5 Å². The number of morpholine rings is 1. The third-order valence-corrected chi connectivity index (χ3v) is 5.85. The molecule has 2 aliphatic heterocycles. The normalized spacial score (nSPS) is 16.1. The summed E-state index contributed by atoms with van der Waals surface area (Å²) in [5, 5.41) is 4.35. The highest BCUT2D eigenvalue weighted by atomic mass is 19.1. The van der Waals surface area contributed by atoms with Crippen LogP contribution in [0.5, 0.6) is 5.75 Å². The second-order valence-corrected chi connectivity index (χ2v) is 8.41. The fourth-order valence-electron chi connectivity index (χ4n) is 3.96. The van der Waals surface area contributed by atoms with Gasteiger partial charge in [0.15, 0.2) is 0 Å². The van der Waals surface area contributed by atoms with Crippen LogP contribution in [0.15, 0.2) is 53.6 Å². The maximum Gasteiger partial charge on any atom is 0.250 e. The zero-order valence-electron chi connectivity index (χ0n) is 19.4. The summed E-state index contributed by atoms with van der Waals surface area (Å²) in [6, 6.07) is 13.8. The molecular formula is C25H28FN7O2. The number of rotatable bonds is 8. The number of nitrogens with one attached hydrogen (secondary N) is 1. The molecule has 5 rings (SSSR count). The van der Waals surface area contributed by atoms with Crippen LogP contribution in [0.1, 0.15) is 24.0 Å². The van der Waals surface area contributed by atoms with Gasteiger partial charge in [-0.05, 0) is 48.2 Å². The minimum atomic E-state index is -0.262. The first-order valence-corrected chi connectivity index (χ1v) is 11.8. The van der Waals surface area contributed by atoms with Gasteiger partial charge in [0.1, 0.15) is 18.2 Å². The van der Waals surface area contributed by atoms with E-state index in [1.165, 1.54) is 12.1 Å². The van der Waals surface area contributed by atoms with Crippen molar-refractivity contribution < 1.29 is 13.9 Å². The van der Waals surface area contributed by atoms with Gasteiger partial charge in [-0.15, -0.1) is 0 Å². The molecule has 0 saturated carbocycles. The molecule has 0 atom stereocenters. The highest BCUT2D eigenvalue weighted by Crippen LogP contribution is 2.21. The van der Waals surface area contributed by atoms with E-state index < -0.39 is 0 Å². The molecule has 9 nitrogen and oxygen atoms in total. The quantitative estimate of drug-likeness (QED) is 0.390. The number of hydrogen-bond acceptors (Lipinski definition) is 9. The predicted octanol–water partition coefficient (Wildman–Crippen LogP) is 3.47. The lowest BCUT2D eigenvalue weighted by atomic mass is 10.2. The molecule has 2 fully saturated rings. The smallest absolute Gasteiger partial charge is 0.250 e. The first-order chi connectivity index (χ1) is 17.2. The van der Waals surface area contributed by atoms with Gasteiger partial charge in [-0.25, -0.2) is 9.82 Å². The Hall–Kier alpha value is -3.79. The molecule has 0 bridgehead atoms. The van der Waals surface area contributed by atoms with Crippen LogP contribution >= 0.6 is 0 Å². The molecule has 0 amide bonds. The van der Waals surface area contributed by atoms with Gasteiger partial charge < -0.3 is 19.3 Å². The van der Waals surface area contributed by atoms with E-state index in [4.69, 9.17) is 14.5 Å². The highest BCUT2D eigenvalue weighted by molar-refractivity contribution is 5.80. The summed E-state index contributed by atoms with van der Waals surface area (Å²) < 4.78 is 24.4. The Balaban J connectivity index is 1.26. The van der Waals surface area contributed by atoms with Crippen LogP contribution < -0.4 is 20.0 Å². The lowest BCUT2D eigenvalue weighted by Gasteiger charge is -2.27. The SMILES string of the molecule is Fc1ccc(COc2cccc(/C=N/Nc3nc(N4CCCC4)nc(N4CCOCC4)n3)c2)cc1. The number of ether oxygens (including phenoxy) is 2. The summed E-state index contributed by atoms with van der Waals surface area (Å²) in [5.74, 6) is 2.15. The van der Waals surface area contributed by atoms with Gasteiger partial charge in [0.2, 0.25) is 17.8 Å². The van der Waals surface area contributed by atoms with Gasteiger partial charge >= 0.3 is 0 Å². The fourth-order valence-corrected chi connectivity index (χ4v) is 3.96. The van der Waals surface area contributed by atoms with Crippen molar-refractivity contribution in [2.24, 2.45) is 5.10 Å². The van der Waals surface area contributed by atoms with Crippen molar-refractivity contribution in [2.75, 3.05) is 54.6 Å². The molecule has 35 heavy (non-hydrogen) atoms. The summed E-state index contributed by atoms with van der Waals surface area (Å²) >= 11 is 0. The van der Waals surface area contributed by atoms with Gasteiger partial charge in [-0.2, -0.15) is 20.1 Å². The number of benzene rings is 2. The van der Waals surface area contributed by atoms with E-state index in [1.54, 1.807) is 18.3 Å². The molecular weight excluding hydrogens is 449 g/mol. The summed E-state index contributed by atoms with van der Waals surface area (Å²) in [7, 11) is 0. The number of hydrogen-bond donors (Lipinski definition) is 1. The highest BCUT2D eigenvalue weighted by Gasteiger charge is 2.21. The zero-order chi connectivity index (χ0) is 23.9. The van der Waals surface area contributed by atoms with E-state index in [0.717, 1.165) is 50.1 Å². The van der Waals surface area contributed by atoms with Crippen molar-refractivity contribution in [1.29, 1.82) is 0 Å². The third kappa shape index (κ3) is 6.21. The van der Waals surface area contributed by atoms with Gasteiger partial charge in [0, 0.05) is 26.2 Å². The molecule has 0 unspecified atom stereocenters. The minimum Gasteiger partial charge on any atom is -0.489 e. The minimum absolute atomic E-state index is 0.262. The van der Waals surface area contributed by atoms with Crippen molar-refractivity contribution in [3.8, 4) is 5.75 Å². The molecule has 2 aromatic carbocycles. The van der Waals surface area contributed by atoms with Crippen LogP contribution in [-0.4, -0.2) is 60.6 Å². The van der Waals surface area contributed by atoms with E-state index in [0.29, 0.717) is 43.4 Å². The largest absolute Gasteiger partial charge is 0.489 e. The average molecular weight is 478 g/mol. The Kier molecular flexibility index (Phi) is 7.28. The molecule has 0 aliphatic carbocycles. The van der Waals surface area contributed by atoms with Gasteiger partial charge in [-0.1, -0.05) is 24.3 Å². The Morgan fingerprint density at radius 3 is 2.40 bits per heavy atom. The lowest BCUT2D eigenvalue weighted by Crippen LogP contribution is -2.38. The van der Waals surface area contributed by atoms with E-state index in [1.807, 2.05) is 24.3 Å². The summed E-state index contributed by atoms with van der Waals surface area (Å²) in [6.07, 6.45) is 3.97. The number of nitrogens with zero attached hydrogens (tertiary/aromatic N) is 6. The van der Waals surface area contributed by atoms with Crippen LogP contribution in [0.2, 0.25) is 0 Å². The molecule has 1 aromatic heterocycles. The van der Waals surface area contributed by atoms with E-state index in [-0.39, 0.29) is 5.82 Å². The van der Waals surface area contributed by atoms with Crippen molar-refractivity contribution >= 4 is 24.1 Å². The Morgan fingerprint density at radius 1 is 0.943 bits per heavy atom. The number of aromatic nitrogens is 3. The summed E-state index contributed by atoms with van der Waals surface area (Å²) in [5.41, 5.74) is 4.72. The molecule has 3 aromatic rings. The Labute approximate surface area is 203 Å². The Bertz CT molecular complexity index is 1150. The summed E-state index contributed by atoms with van der Waals surface area (Å²) in [4.78, 5) is 18.2. The topological polar surface area (TPSA) is 88.0 Å². The number of halogens is 1. The van der Waals surface area contributed by atoms with Crippen LogP contribution in [0.4, 0.5) is 22.2 Å². The molecule has 1 N–H and O–H groups in total. The monoisotopic (exact) mass is 477 g/mol. The van der Waals surface area contributed by atoms with Gasteiger partial charge in [0.25, 0.3) is 0 Å². The molecule has 0 spiro atoms. The van der Waals surface area contributed by atoms with Crippen molar-refractivity contribution in [2.45, 2.75) is 19.4 Å².